The summed E-state index contributed by atoms with van der Waals surface area (Å²) in [6.07, 6.45) is 4.73. The molecule has 2 aromatic rings. The lowest BCUT2D eigenvalue weighted by Gasteiger charge is -2.33. The summed E-state index contributed by atoms with van der Waals surface area (Å²) in [4.78, 5) is 42.9. The summed E-state index contributed by atoms with van der Waals surface area (Å²) >= 11 is 1.40. The maximum Gasteiger partial charge on any atom is 0.264 e. The maximum absolute atomic E-state index is 13.0. The Morgan fingerprint density at radius 1 is 1.00 bits per heavy atom. The van der Waals surface area contributed by atoms with Crippen molar-refractivity contribution in [2.75, 3.05) is 18.4 Å². The molecule has 31 heavy (non-hydrogen) atoms. The number of thiophene rings is 1. The molecule has 0 bridgehead atoms. The molecule has 3 heterocycles. The molecule has 0 radical (unpaired) electrons. The van der Waals surface area contributed by atoms with Gasteiger partial charge >= 0.3 is 0 Å². The first-order valence-corrected chi connectivity index (χ1v) is 11.9. The van der Waals surface area contributed by atoms with E-state index in [1.54, 1.807) is 23.1 Å². The molecule has 4 rings (SSSR count). The van der Waals surface area contributed by atoms with E-state index in [1.807, 2.05) is 29.3 Å². The third kappa shape index (κ3) is 4.51. The predicted molar refractivity (Wildman–Crippen MR) is 123 cm³/mol. The Hall–Kier alpha value is -2.67. The van der Waals surface area contributed by atoms with Gasteiger partial charge in [0.2, 0.25) is 5.91 Å². The fourth-order valence-corrected chi connectivity index (χ4v) is 5.22. The van der Waals surface area contributed by atoms with Crippen molar-refractivity contribution in [2.45, 2.75) is 58.0 Å². The number of amides is 3. The number of rotatable bonds is 4. The molecule has 2 saturated heterocycles. The van der Waals surface area contributed by atoms with E-state index in [0.29, 0.717) is 29.1 Å². The van der Waals surface area contributed by atoms with Crippen LogP contribution in [0.1, 0.15) is 64.6 Å². The molecule has 0 saturated carbocycles. The van der Waals surface area contributed by atoms with E-state index in [0.717, 1.165) is 31.4 Å². The second-order valence-corrected chi connectivity index (χ2v) is 9.44. The third-order valence-corrected chi connectivity index (χ3v) is 7.20. The Morgan fingerprint density at radius 3 is 2.52 bits per heavy atom. The van der Waals surface area contributed by atoms with Gasteiger partial charge in [0.25, 0.3) is 11.8 Å². The van der Waals surface area contributed by atoms with Gasteiger partial charge in [-0.25, -0.2) is 0 Å². The highest BCUT2D eigenvalue weighted by Gasteiger charge is 2.35. The summed E-state index contributed by atoms with van der Waals surface area (Å²) in [6.45, 7) is 5.39. The van der Waals surface area contributed by atoms with E-state index in [2.05, 4.69) is 12.2 Å². The summed E-state index contributed by atoms with van der Waals surface area (Å²) in [5.41, 5.74) is 2.18. The lowest BCUT2D eigenvalue weighted by Crippen LogP contribution is -2.43. The van der Waals surface area contributed by atoms with Crippen molar-refractivity contribution in [3.05, 3.63) is 51.7 Å². The Kier molecular flexibility index (Phi) is 6.41. The van der Waals surface area contributed by atoms with Crippen LogP contribution in [-0.4, -0.2) is 52.7 Å². The highest BCUT2D eigenvalue weighted by atomic mass is 32.1. The number of carbonyl (C=O) groups is 3. The molecule has 1 N–H and O–H groups in total. The largest absolute Gasteiger partial charge is 0.336 e. The smallest absolute Gasteiger partial charge is 0.264 e. The SMILES string of the molecule is Cc1cc(C(=O)N2CCCCC2C)ccc1NC(=O)[C@@H]1CCCN1C(=O)c1cccs1. The van der Waals surface area contributed by atoms with Gasteiger partial charge in [-0.1, -0.05) is 6.07 Å². The first-order valence-electron chi connectivity index (χ1n) is 11.0. The Labute approximate surface area is 187 Å². The van der Waals surface area contributed by atoms with Gasteiger partial charge < -0.3 is 15.1 Å². The second-order valence-electron chi connectivity index (χ2n) is 8.50. The molecular formula is C24H29N3O3S. The standard InChI is InChI=1S/C24H29N3O3S/c1-16-15-18(23(29)26-12-4-3-7-17(26)2)10-11-19(16)25-22(28)20-8-5-13-27(20)24(30)21-9-6-14-31-21/h6,9-11,14-15,17,20H,3-5,7-8,12-13H2,1-2H3,(H,25,28)/t17?,20-/m0/s1. The molecular weight excluding hydrogens is 410 g/mol. The van der Waals surface area contributed by atoms with Gasteiger partial charge in [0.1, 0.15) is 6.04 Å². The van der Waals surface area contributed by atoms with Crippen molar-refractivity contribution < 1.29 is 14.4 Å². The van der Waals surface area contributed by atoms with Gasteiger partial charge in [-0.05, 0) is 81.2 Å². The van der Waals surface area contributed by atoms with Gasteiger partial charge in [0, 0.05) is 30.4 Å². The number of aryl methyl sites for hydroxylation is 1. The first kappa shape index (κ1) is 21.6. The summed E-state index contributed by atoms with van der Waals surface area (Å²) in [7, 11) is 0. The number of benzene rings is 1. The van der Waals surface area contributed by atoms with Gasteiger partial charge in [0.05, 0.1) is 4.88 Å². The lowest BCUT2D eigenvalue weighted by molar-refractivity contribution is -0.119. The van der Waals surface area contributed by atoms with Crippen LogP contribution >= 0.6 is 11.3 Å². The minimum Gasteiger partial charge on any atom is -0.336 e. The molecule has 3 amide bonds. The van der Waals surface area contributed by atoms with Crippen LogP contribution in [0.15, 0.2) is 35.7 Å². The van der Waals surface area contributed by atoms with E-state index in [4.69, 9.17) is 0 Å². The minimum atomic E-state index is -0.468. The number of anilines is 1. The summed E-state index contributed by atoms with van der Waals surface area (Å²) in [5, 5.41) is 4.85. The molecule has 2 atom stereocenters. The van der Waals surface area contributed by atoms with Gasteiger partial charge in [-0.15, -0.1) is 11.3 Å². The average Bonchev–Trinajstić information content (AvgIpc) is 3.47. The van der Waals surface area contributed by atoms with Crippen LogP contribution in [-0.2, 0) is 4.79 Å². The molecule has 1 aromatic heterocycles. The van der Waals surface area contributed by atoms with E-state index in [1.165, 1.54) is 17.8 Å². The van der Waals surface area contributed by atoms with Crippen LogP contribution in [0.4, 0.5) is 5.69 Å². The normalized spacial score (nSPS) is 21.2. The van der Waals surface area contributed by atoms with Gasteiger partial charge in [0.15, 0.2) is 0 Å². The fourth-order valence-electron chi connectivity index (χ4n) is 4.54. The molecule has 2 aliphatic heterocycles. The van der Waals surface area contributed by atoms with Crippen molar-refractivity contribution >= 4 is 34.7 Å². The Balaban J connectivity index is 1.44. The maximum atomic E-state index is 13.0. The number of piperidine rings is 1. The quantitative estimate of drug-likeness (QED) is 0.772. The average molecular weight is 440 g/mol. The highest BCUT2D eigenvalue weighted by Crippen LogP contribution is 2.26. The monoisotopic (exact) mass is 439 g/mol. The number of nitrogens with zero attached hydrogens (tertiary/aromatic N) is 2. The van der Waals surface area contributed by atoms with Crippen LogP contribution in [0.25, 0.3) is 0 Å². The topological polar surface area (TPSA) is 69.7 Å². The molecule has 1 aromatic carbocycles. The number of hydrogen-bond acceptors (Lipinski definition) is 4. The van der Waals surface area contributed by atoms with E-state index >= 15 is 0 Å². The molecule has 2 fully saturated rings. The fraction of sp³-hybridized carbons (Fsp3) is 0.458. The van der Waals surface area contributed by atoms with Gasteiger partial charge in [-0.3, -0.25) is 14.4 Å². The van der Waals surface area contributed by atoms with E-state index in [-0.39, 0.29) is 23.8 Å². The summed E-state index contributed by atoms with van der Waals surface area (Å²) in [5.74, 6) is -0.202. The summed E-state index contributed by atoms with van der Waals surface area (Å²) in [6, 6.07) is 8.87. The van der Waals surface area contributed by atoms with E-state index in [9.17, 15) is 14.4 Å². The van der Waals surface area contributed by atoms with Crippen LogP contribution in [0.3, 0.4) is 0 Å². The minimum absolute atomic E-state index is 0.0525. The second kappa shape index (κ2) is 9.22. The Bertz CT molecular complexity index is 972. The van der Waals surface area contributed by atoms with Crippen molar-refractivity contribution in [3.63, 3.8) is 0 Å². The third-order valence-electron chi connectivity index (χ3n) is 6.34. The number of nitrogens with one attached hydrogen (secondary N) is 1. The number of likely N-dealkylation sites (tertiary alicyclic amines) is 2. The van der Waals surface area contributed by atoms with Crippen molar-refractivity contribution in [2.24, 2.45) is 0 Å². The molecule has 0 aliphatic carbocycles. The zero-order valence-electron chi connectivity index (χ0n) is 18.1. The van der Waals surface area contributed by atoms with E-state index < -0.39 is 6.04 Å². The van der Waals surface area contributed by atoms with Crippen LogP contribution in [0.2, 0.25) is 0 Å². The Morgan fingerprint density at radius 2 is 1.81 bits per heavy atom. The first-order chi connectivity index (χ1) is 15.0. The van der Waals surface area contributed by atoms with Gasteiger partial charge in [-0.2, -0.15) is 0 Å². The van der Waals surface area contributed by atoms with Crippen molar-refractivity contribution in [3.8, 4) is 0 Å². The van der Waals surface area contributed by atoms with Crippen LogP contribution < -0.4 is 5.32 Å². The molecule has 2 aliphatic rings. The molecule has 1 unspecified atom stereocenters. The summed E-state index contributed by atoms with van der Waals surface area (Å²) < 4.78 is 0. The molecule has 7 heteroatoms. The van der Waals surface area contributed by atoms with Crippen LogP contribution in [0.5, 0.6) is 0 Å². The van der Waals surface area contributed by atoms with Crippen molar-refractivity contribution in [1.29, 1.82) is 0 Å². The highest BCUT2D eigenvalue weighted by molar-refractivity contribution is 7.12. The van der Waals surface area contributed by atoms with Crippen molar-refractivity contribution in [1.82, 2.24) is 9.80 Å². The predicted octanol–water partition coefficient (Wildman–Crippen LogP) is 4.31. The number of hydrogen-bond donors (Lipinski definition) is 1. The zero-order valence-corrected chi connectivity index (χ0v) is 18.9. The van der Waals surface area contributed by atoms with Crippen LogP contribution in [0, 0.1) is 6.92 Å². The zero-order chi connectivity index (χ0) is 22.0. The lowest BCUT2D eigenvalue weighted by atomic mass is 10.0. The molecule has 0 spiro atoms. The molecule has 164 valence electrons. The molecule has 6 nitrogen and oxygen atoms in total. The number of carbonyl (C=O) groups excluding carboxylic acids is 3.